The van der Waals surface area contributed by atoms with Crippen molar-refractivity contribution in [1.29, 1.82) is 5.26 Å². The van der Waals surface area contributed by atoms with Gasteiger partial charge in [0.05, 0.1) is 27.8 Å². The molecule has 0 aliphatic heterocycles. The van der Waals surface area contributed by atoms with Crippen LogP contribution in [0.2, 0.25) is 0 Å². The molecule has 0 aliphatic rings. The molecule has 140 valence electrons. The summed E-state index contributed by atoms with van der Waals surface area (Å²) in [5.41, 5.74) is 1.56. The second kappa shape index (κ2) is 8.55. The van der Waals surface area contributed by atoms with Crippen molar-refractivity contribution in [2.75, 3.05) is 5.32 Å². The SMILES string of the molecule is C=CCn1c(S[C@H](C)C(=O)Nc2ccc(C#N)cc2)nc2ccccc2c1=O. The second-order valence-corrected chi connectivity index (χ2v) is 7.36. The van der Waals surface area contributed by atoms with Gasteiger partial charge in [0.1, 0.15) is 0 Å². The Morgan fingerprint density at radius 2 is 2.04 bits per heavy atom. The van der Waals surface area contributed by atoms with Crippen LogP contribution in [0.5, 0.6) is 0 Å². The number of amides is 1. The summed E-state index contributed by atoms with van der Waals surface area (Å²) in [5.74, 6) is -0.220. The summed E-state index contributed by atoms with van der Waals surface area (Å²) in [4.78, 5) is 29.9. The molecule has 0 saturated carbocycles. The predicted molar refractivity (Wildman–Crippen MR) is 111 cm³/mol. The number of benzene rings is 2. The van der Waals surface area contributed by atoms with Crippen molar-refractivity contribution in [3.63, 3.8) is 0 Å². The van der Waals surface area contributed by atoms with Crippen molar-refractivity contribution < 1.29 is 4.79 Å². The van der Waals surface area contributed by atoms with Crippen LogP contribution in [0.4, 0.5) is 5.69 Å². The molecule has 1 heterocycles. The highest BCUT2D eigenvalue weighted by Crippen LogP contribution is 2.23. The first kappa shape index (κ1) is 19.4. The van der Waals surface area contributed by atoms with Crippen molar-refractivity contribution in [2.24, 2.45) is 0 Å². The fraction of sp³-hybridized carbons (Fsp3) is 0.143. The maximum atomic E-state index is 12.8. The number of nitriles is 1. The number of carbonyl (C=O) groups is 1. The number of fused-ring (bicyclic) bond motifs is 1. The predicted octanol–water partition coefficient (Wildman–Crippen LogP) is 3.57. The van der Waals surface area contributed by atoms with E-state index in [-0.39, 0.29) is 11.5 Å². The first-order valence-corrected chi connectivity index (χ1v) is 9.49. The third-order valence-electron chi connectivity index (χ3n) is 4.07. The Bertz CT molecular complexity index is 1130. The van der Waals surface area contributed by atoms with Crippen LogP contribution in [-0.2, 0) is 11.3 Å². The summed E-state index contributed by atoms with van der Waals surface area (Å²) in [5, 5.41) is 12.2. The first-order chi connectivity index (χ1) is 13.5. The van der Waals surface area contributed by atoms with Gasteiger partial charge in [-0.05, 0) is 43.3 Å². The Hall–Kier alpha value is -3.37. The molecule has 0 fully saturated rings. The van der Waals surface area contributed by atoms with Gasteiger partial charge in [-0.15, -0.1) is 6.58 Å². The van der Waals surface area contributed by atoms with Gasteiger partial charge in [-0.3, -0.25) is 14.2 Å². The average molecular weight is 390 g/mol. The minimum atomic E-state index is -0.486. The van der Waals surface area contributed by atoms with Crippen molar-refractivity contribution >= 4 is 34.3 Å². The van der Waals surface area contributed by atoms with Gasteiger partial charge in [0.15, 0.2) is 5.16 Å². The van der Waals surface area contributed by atoms with Crippen LogP contribution in [0, 0.1) is 11.3 Å². The second-order valence-electron chi connectivity index (χ2n) is 6.05. The molecular weight excluding hydrogens is 372 g/mol. The summed E-state index contributed by atoms with van der Waals surface area (Å²) in [6, 6.07) is 15.8. The van der Waals surface area contributed by atoms with E-state index in [1.807, 2.05) is 12.1 Å². The van der Waals surface area contributed by atoms with Crippen LogP contribution in [0.15, 0.2) is 71.1 Å². The minimum absolute atomic E-state index is 0.160. The van der Waals surface area contributed by atoms with E-state index in [2.05, 4.69) is 16.9 Å². The molecule has 0 bridgehead atoms. The van der Waals surface area contributed by atoms with Gasteiger partial charge in [0.2, 0.25) is 5.91 Å². The lowest BCUT2D eigenvalue weighted by molar-refractivity contribution is -0.115. The van der Waals surface area contributed by atoms with E-state index in [0.29, 0.717) is 33.9 Å². The number of hydrogen-bond acceptors (Lipinski definition) is 5. The first-order valence-electron chi connectivity index (χ1n) is 8.61. The summed E-state index contributed by atoms with van der Waals surface area (Å²) in [6.07, 6.45) is 1.63. The lowest BCUT2D eigenvalue weighted by Gasteiger charge is -2.15. The van der Waals surface area contributed by atoms with Gasteiger partial charge < -0.3 is 5.32 Å². The van der Waals surface area contributed by atoms with E-state index in [9.17, 15) is 9.59 Å². The van der Waals surface area contributed by atoms with Gasteiger partial charge in [-0.1, -0.05) is 30.0 Å². The maximum Gasteiger partial charge on any atom is 0.262 e. The van der Waals surface area contributed by atoms with Crippen molar-refractivity contribution in [1.82, 2.24) is 9.55 Å². The standard InChI is InChI=1S/C21H18N4O2S/c1-3-12-25-20(27)17-6-4-5-7-18(17)24-21(25)28-14(2)19(26)23-16-10-8-15(13-22)9-11-16/h3-11,14H,1,12H2,2H3,(H,23,26)/t14-/m1/s1. The molecule has 1 atom stereocenters. The Labute approximate surface area is 166 Å². The number of nitrogens with one attached hydrogen (secondary N) is 1. The smallest absolute Gasteiger partial charge is 0.262 e. The molecule has 6 nitrogen and oxygen atoms in total. The zero-order chi connectivity index (χ0) is 20.1. The van der Waals surface area contributed by atoms with E-state index >= 15 is 0 Å². The highest BCUT2D eigenvalue weighted by Gasteiger charge is 2.19. The van der Waals surface area contributed by atoms with Gasteiger partial charge in [0.25, 0.3) is 5.56 Å². The van der Waals surface area contributed by atoms with E-state index in [1.165, 1.54) is 16.3 Å². The maximum absolute atomic E-state index is 12.8. The number of thioether (sulfide) groups is 1. The zero-order valence-corrected chi connectivity index (χ0v) is 16.1. The third-order valence-corrected chi connectivity index (χ3v) is 5.16. The molecule has 1 amide bonds. The van der Waals surface area contributed by atoms with Crippen LogP contribution in [0.25, 0.3) is 10.9 Å². The van der Waals surface area contributed by atoms with E-state index in [4.69, 9.17) is 5.26 Å². The van der Waals surface area contributed by atoms with Crippen LogP contribution < -0.4 is 10.9 Å². The molecule has 3 rings (SSSR count). The van der Waals surface area contributed by atoms with E-state index < -0.39 is 5.25 Å². The molecule has 3 aromatic rings. The average Bonchev–Trinajstić information content (AvgIpc) is 2.71. The fourth-order valence-corrected chi connectivity index (χ4v) is 3.53. The summed E-state index contributed by atoms with van der Waals surface area (Å²) < 4.78 is 1.52. The van der Waals surface area contributed by atoms with Gasteiger partial charge in [-0.25, -0.2) is 4.98 Å². The molecular formula is C21H18N4O2S. The zero-order valence-electron chi connectivity index (χ0n) is 15.3. The molecule has 28 heavy (non-hydrogen) atoms. The number of nitrogens with zero attached hydrogens (tertiary/aromatic N) is 3. The monoisotopic (exact) mass is 390 g/mol. The number of para-hydroxylation sites is 1. The minimum Gasteiger partial charge on any atom is -0.325 e. The molecule has 0 saturated heterocycles. The number of hydrogen-bond donors (Lipinski definition) is 1. The number of allylic oxidation sites excluding steroid dienone is 1. The van der Waals surface area contributed by atoms with Crippen molar-refractivity contribution in [2.45, 2.75) is 23.9 Å². The van der Waals surface area contributed by atoms with Crippen molar-refractivity contribution in [3.05, 3.63) is 77.1 Å². The molecule has 0 aliphatic carbocycles. The number of rotatable bonds is 6. The van der Waals surface area contributed by atoms with E-state index in [0.717, 1.165) is 0 Å². The number of anilines is 1. The van der Waals surface area contributed by atoms with Crippen LogP contribution >= 0.6 is 11.8 Å². The lowest BCUT2D eigenvalue weighted by Crippen LogP contribution is -2.26. The van der Waals surface area contributed by atoms with Crippen LogP contribution in [0.3, 0.4) is 0 Å². The molecule has 2 aromatic carbocycles. The third kappa shape index (κ3) is 4.13. The molecule has 0 radical (unpaired) electrons. The molecule has 1 N–H and O–H groups in total. The lowest BCUT2D eigenvalue weighted by atomic mass is 10.2. The Kier molecular flexibility index (Phi) is 5.92. The highest BCUT2D eigenvalue weighted by molar-refractivity contribution is 8.00. The van der Waals surface area contributed by atoms with Crippen molar-refractivity contribution in [3.8, 4) is 6.07 Å². The number of carbonyl (C=O) groups excluding carboxylic acids is 1. The largest absolute Gasteiger partial charge is 0.325 e. The van der Waals surface area contributed by atoms with Crippen LogP contribution in [0.1, 0.15) is 12.5 Å². The number of aromatic nitrogens is 2. The Morgan fingerprint density at radius 3 is 2.71 bits per heavy atom. The van der Waals surface area contributed by atoms with Crippen LogP contribution in [-0.4, -0.2) is 20.7 Å². The Balaban J connectivity index is 1.85. The van der Waals surface area contributed by atoms with E-state index in [1.54, 1.807) is 55.5 Å². The topological polar surface area (TPSA) is 87.8 Å². The normalized spacial score (nSPS) is 11.6. The summed E-state index contributed by atoms with van der Waals surface area (Å²) in [7, 11) is 0. The molecule has 0 unspecified atom stereocenters. The summed E-state index contributed by atoms with van der Waals surface area (Å²) in [6.45, 7) is 5.77. The summed E-state index contributed by atoms with van der Waals surface area (Å²) >= 11 is 1.21. The van der Waals surface area contributed by atoms with Gasteiger partial charge >= 0.3 is 0 Å². The molecule has 1 aromatic heterocycles. The highest BCUT2D eigenvalue weighted by atomic mass is 32.2. The van der Waals surface area contributed by atoms with Gasteiger partial charge in [0, 0.05) is 12.2 Å². The molecule has 7 heteroatoms. The quantitative estimate of drug-likeness (QED) is 0.395. The molecule has 0 spiro atoms. The Morgan fingerprint density at radius 1 is 1.32 bits per heavy atom. The van der Waals surface area contributed by atoms with Gasteiger partial charge in [-0.2, -0.15) is 5.26 Å². The fourth-order valence-electron chi connectivity index (χ4n) is 2.61.